The van der Waals surface area contributed by atoms with Gasteiger partial charge in [0.05, 0.1) is 44.2 Å². The molecule has 45 heteroatoms. The summed E-state index contributed by atoms with van der Waals surface area (Å²) in [6, 6.07) is -1.61. The number of amides is 16. The van der Waals surface area contributed by atoms with Crippen LogP contribution in [-0.4, -0.2) is 306 Å². The Hall–Kier alpha value is -13.2. The third-order valence-electron chi connectivity index (χ3n) is 24.5. The number of nitrogens with one attached hydrogen (secondary N) is 13. The van der Waals surface area contributed by atoms with Gasteiger partial charge in [-0.05, 0) is 116 Å². The number of rotatable bonds is 26. The van der Waals surface area contributed by atoms with Crippen LogP contribution >= 0.6 is 23.1 Å². The molecule has 3 fully saturated rings. The lowest BCUT2D eigenvalue weighted by atomic mass is 9.90. The lowest BCUT2D eigenvalue weighted by molar-refractivity contribution is -0.149. The lowest BCUT2D eigenvalue weighted by Crippen LogP contribution is -2.61. The summed E-state index contributed by atoms with van der Waals surface area (Å²) in [5.74, 6) is -24.3. The fourth-order valence-electron chi connectivity index (χ4n) is 16.9. The Morgan fingerprint density at radius 2 is 1.22 bits per heavy atom. The van der Waals surface area contributed by atoms with Crippen LogP contribution in [0.3, 0.4) is 0 Å². The van der Waals surface area contributed by atoms with Crippen molar-refractivity contribution in [1.29, 1.82) is 5.41 Å². The second-order valence-electron chi connectivity index (χ2n) is 35.3. The van der Waals surface area contributed by atoms with E-state index in [1.165, 1.54) is 74.0 Å². The van der Waals surface area contributed by atoms with E-state index in [1.54, 1.807) is 55.8 Å². The minimum Gasteiger partial charge on any atom is -0.508 e. The van der Waals surface area contributed by atoms with Gasteiger partial charge < -0.3 is 115 Å². The summed E-state index contributed by atoms with van der Waals surface area (Å²) in [7, 11) is 3.84. The zero-order valence-electron chi connectivity index (χ0n) is 77.9. The molecule has 744 valence electrons. The number of aliphatic hydroxyl groups excluding tert-OH is 1. The molecule has 41 nitrogen and oxygen atoms in total. The highest BCUT2D eigenvalue weighted by Crippen LogP contribution is 2.35. The number of H-pyrrole nitrogens is 2. The molecule has 3 aliphatic rings. The molecule has 6 heterocycles. The van der Waals surface area contributed by atoms with E-state index in [4.69, 9.17) is 22.6 Å². The van der Waals surface area contributed by atoms with E-state index in [-0.39, 0.29) is 94.7 Å². The maximum Gasteiger partial charge on any atom is 0.267 e. The number of nitrogens with zero attached hydrogens (tertiary/aromatic N) is 6. The number of phenolic OH excluding ortho intramolecular Hbond substituents is 1. The van der Waals surface area contributed by atoms with Crippen LogP contribution in [0.5, 0.6) is 5.75 Å². The Bertz CT molecular complexity index is 5310. The monoisotopic (exact) mass is 1940 g/mol. The average Bonchev–Trinajstić information content (AvgIpc) is 1.63. The van der Waals surface area contributed by atoms with Crippen molar-refractivity contribution in [2.45, 2.75) is 235 Å². The van der Waals surface area contributed by atoms with E-state index >= 15 is 47.1 Å². The van der Waals surface area contributed by atoms with Gasteiger partial charge in [-0.15, -0.1) is 23.1 Å². The lowest BCUT2D eigenvalue weighted by Gasteiger charge is -2.36. The number of aliphatic hydroxyl groups is 1. The Kier molecular flexibility index (Phi) is 39.7. The number of primary amides is 2. The molecule has 6 aromatic rings. The number of guanidine groups is 1. The molecule has 3 saturated heterocycles. The van der Waals surface area contributed by atoms with Crippen LogP contribution in [0.4, 0.5) is 8.78 Å². The van der Waals surface area contributed by atoms with Crippen molar-refractivity contribution in [1.82, 2.24) is 92.6 Å². The Morgan fingerprint density at radius 3 is 1.88 bits per heavy atom. The molecule has 0 spiro atoms. The SMILES string of the molecule is CCCC[C@H]1C(=O)N(C)[C@@H](CCCC)C(=O)NC(CCCNC(=N)N)C(=O)N[C@H](C(=O)NCC(N)=O)CSCC(=O)N[C@@H](Cc2ccc(O)cc2)C(=O)N(C)[C@@H](C)C(=O)N[C@@H](CC(N)=O)C(=O)N2CC(F)(F)CC2C(=O)N[C@@H](Cc2cnc[nH]2)C(=O)N[C@@H](CC(C)C)C(=O)N2CCC[C@H]2C(=O)C[C@@H](Cc2c[nH]c3ccccc23)C(=O)N[C@@H](CO)C(=O)N[C@@H](Cc2csc3ccccc23)C(=O)N1C. The molecule has 9 rings (SSSR count). The second-order valence-corrected chi connectivity index (χ2v) is 37.3. The van der Waals surface area contributed by atoms with Crippen molar-refractivity contribution in [3.05, 3.63) is 119 Å². The normalized spacial score (nSPS) is 24.5. The van der Waals surface area contributed by atoms with Gasteiger partial charge in [0.25, 0.3) is 5.92 Å². The van der Waals surface area contributed by atoms with Crippen molar-refractivity contribution in [3.63, 3.8) is 0 Å². The molecule has 0 radical (unpaired) electrons. The van der Waals surface area contributed by atoms with Crippen LogP contribution in [0.15, 0.2) is 96.9 Å². The van der Waals surface area contributed by atoms with Crippen molar-refractivity contribution < 1.29 is 101 Å². The van der Waals surface area contributed by atoms with Crippen molar-refractivity contribution in [2.24, 2.45) is 29.0 Å². The molecule has 0 aliphatic carbocycles. The van der Waals surface area contributed by atoms with Gasteiger partial charge in [0.1, 0.15) is 78.3 Å². The number of halogens is 2. The van der Waals surface area contributed by atoms with E-state index < -0.39 is 254 Å². The van der Waals surface area contributed by atoms with Gasteiger partial charge in [0.2, 0.25) is 94.5 Å². The number of likely N-dealkylation sites (N-methyl/N-ethyl adjacent to an activating group) is 3. The fourth-order valence-corrected chi connectivity index (χ4v) is 18.8. The third-order valence-corrected chi connectivity index (χ3v) is 26.5. The molecule has 0 bridgehead atoms. The van der Waals surface area contributed by atoms with E-state index in [2.05, 4.69) is 68.1 Å². The zero-order chi connectivity index (χ0) is 100. The Balaban J connectivity index is 1.11. The number of aromatic hydroxyl groups is 1. The zero-order valence-corrected chi connectivity index (χ0v) is 79.5. The van der Waals surface area contributed by atoms with Gasteiger partial charge in [-0.2, -0.15) is 0 Å². The molecule has 14 atom stereocenters. The topological polar surface area (TPSA) is 614 Å². The number of thiophene rings is 1. The summed E-state index contributed by atoms with van der Waals surface area (Å²) in [5, 5.41) is 58.3. The van der Waals surface area contributed by atoms with E-state index in [0.29, 0.717) is 63.6 Å². The Morgan fingerprint density at radius 1 is 0.606 bits per heavy atom. The highest BCUT2D eigenvalue weighted by Gasteiger charge is 2.53. The number of thioether (sulfide) groups is 1. The first-order valence-corrected chi connectivity index (χ1v) is 47.7. The summed E-state index contributed by atoms with van der Waals surface area (Å²) < 4.78 is 33.0. The highest BCUT2D eigenvalue weighted by molar-refractivity contribution is 8.00. The van der Waals surface area contributed by atoms with Crippen LogP contribution in [0, 0.1) is 17.2 Å². The molecule has 3 aromatic heterocycles. The summed E-state index contributed by atoms with van der Waals surface area (Å²) in [6.07, 6.45) is 1.61. The van der Waals surface area contributed by atoms with Gasteiger partial charge in [0.15, 0.2) is 11.7 Å². The first-order chi connectivity index (χ1) is 65.1. The molecule has 3 aliphatic heterocycles. The largest absolute Gasteiger partial charge is 0.508 e. The molecular formula is C92H126F2N22O19S2. The number of nitrogens with two attached hydrogens (primary N) is 3. The van der Waals surface area contributed by atoms with E-state index in [1.807, 2.05) is 32.0 Å². The summed E-state index contributed by atoms with van der Waals surface area (Å²) in [4.78, 5) is 266. The number of para-hydroxylation sites is 1. The summed E-state index contributed by atoms with van der Waals surface area (Å²) >= 11 is 2.07. The number of ketones is 1. The minimum atomic E-state index is -3.85. The number of aromatic amines is 2. The number of carbonyl (C=O) groups excluding carboxylic acids is 17. The van der Waals surface area contributed by atoms with Gasteiger partial charge >= 0.3 is 0 Å². The smallest absolute Gasteiger partial charge is 0.267 e. The number of aromatic nitrogens is 3. The van der Waals surface area contributed by atoms with Crippen LogP contribution in [0.2, 0.25) is 0 Å². The summed E-state index contributed by atoms with van der Waals surface area (Å²) in [6.45, 7) is 4.97. The molecule has 137 heavy (non-hydrogen) atoms. The van der Waals surface area contributed by atoms with Crippen LogP contribution in [0.25, 0.3) is 21.0 Å². The summed E-state index contributed by atoms with van der Waals surface area (Å²) in [5.41, 5.74) is 19.0. The quantitative estimate of drug-likeness (QED) is 0.0195. The number of imidazole rings is 1. The molecule has 0 saturated carbocycles. The maximum absolute atomic E-state index is 16.1. The number of hydrogen-bond acceptors (Lipinski definition) is 23. The van der Waals surface area contributed by atoms with Crippen molar-refractivity contribution in [2.75, 3.05) is 65.4 Å². The number of unbranched alkanes of at least 4 members (excludes halogenated alkanes) is 2. The molecule has 21 N–H and O–H groups in total. The van der Waals surface area contributed by atoms with Crippen molar-refractivity contribution >= 4 is 150 Å². The molecule has 2 unspecified atom stereocenters. The number of phenols is 1. The molecular weight excluding hydrogens is 1820 g/mol. The van der Waals surface area contributed by atoms with E-state index in [0.717, 1.165) is 38.2 Å². The second kappa shape index (κ2) is 50.6. The van der Waals surface area contributed by atoms with Crippen LogP contribution < -0.4 is 70.4 Å². The number of Topliss-reactive ketones (excluding diaryl/α,β-unsaturated/α-hetero) is 1. The fraction of sp³-hybridized carbons (Fsp3) is 0.533. The van der Waals surface area contributed by atoms with Gasteiger partial charge in [-0.25, -0.2) is 13.8 Å². The first kappa shape index (κ1) is 107. The first-order valence-electron chi connectivity index (χ1n) is 45.7. The maximum atomic E-state index is 16.1. The third kappa shape index (κ3) is 30.1. The van der Waals surface area contributed by atoms with Gasteiger partial charge in [-0.3, -0.25) is 86.9 Å². The van der Waals surface area contributed by atoms with Crippen LogP contribution in [0.1, 0.15) is 147 Å². The number of benzene rings is 3. The number of alkyl halides is 2. The van der Waals surface area contributed by atoms with Gasteiger partial charge in [0, 0.05) is 112 Å². The standard InChI is InChI=1S/C92H126F2N22O19S2/c1-9-11-23-70-84(129)105-61(22-17-31-100-91(97)98)81(126)111-68(80(125)102-43-76(96)121)46-136-47-77(122)104-64(34-52-27-29-57(118)30-28-52)86(131)112(6)51(5)78(123)107-66(39-75(95)120)89(134)116-48-92(93,94)40-72(116)85(130)106-62(38-56-42-99-49-103-56)82(127)108-63(33-50(3)4)88(133)115-32-18-25-69(115)73(119)37-53(35-54-41-101-60-21-15-13-19-58(54)60)79(124)110-67(44-117)83(128)109-65(36-55-45-137-74-26-16-14-20-59(55)74)87(132)114(8)71(24-12-10-2)90(135)113(70)7/h13-16,19-21,26-30,41-42,45,49-51,53,61-72,101,117-118H,9-12,17-18,22-25,31-40,43-44,46-48H2,1-8H3,(H2,95,120)(H2,96,121)(H,99,103)(H,102,125)(H,104,122)(H,105,129)(H,106,130)(H,107,123)(H,108,127)(H,109,128)(H,110,124)(H,111,126)(H4,97,98,100)/t51-,53+,61?,62-,63-,64-,65-,66-,67-,68-,69-,70-,71-,72?/m0/s1. The highest BCUT2D eigenvalue weighted by atomic mass is 32.2. The number of carbonyl (C=O) groups is 17. The van der Waals surface area contributed by atoms with E-state index in [9.17, 15) is 53.4 Å². The van der Waals surface area contributed by atoms with Gasteiger partial charge in [-0.1, -0.05) is 102 Å². The average molecular weight is 1950 g/mol. The Labute approximate surface area is 798 Å². The number of hydrogen-bond donors (Lipinski definition) is 18. The van der Waals surface area contributed by atoms with Crippen molar-refractivity contribution in [3.8, 4) is 5.75 Å². The van der Waals surface area contributed by atoms with Crippen LogP contribution in [-0.2, 0) is 107 Å². The minimum absolute atomic E-state index is 0.00189. The molecule has 3 aromatic carbocycles. The number of fused-ring (bicyclic) bond motifs is 4. The molecule has 16 amide bonds. The predicted octanol–water partition coefficient (Wildman–Crippen LogP) is 0.170. The predicted molar refractivity (Wildman–Crippen MR) is 503 cm³/mol.